The van der Waals surface area contributed by atoms with E-state index in [2.05, 4.69) is 9.58 Å². The second-order valence-electron chi connectivity index (χ2n) is 2.86. The van der Waals surface area contributed by atoms with E-state index in [1.807, 2.05) is 0 Å². The van der Waals surface area contributed by atoms with Gasteiger partial charge in [0.1, 0.15) is 5.75 Å². The first kappa shape index (κ1) is 11.1. The normalized spacial score (nSPS) is 9.13. The molecule has 0 atom stereocenters. The van der Waals surface area contributed by atoms with Crippen molar-refractivity contribution in [3.8, 4) is 5.75 Å². The van der Waals surface area contributed by atoms with Crippen LogP contribution in [0.1, 0.15) is 5.56 Å². The van der Waals surface area contributed by atoms with E-state index in [-0.39, 0.29) is 12.4 Å². The van der Waals surface area contributed by atoms with Gasteiger partial charge in [-0.15, -0.1) is 0 Å². The molecule has 0 bridgehead atoms. The summed E-state index contributed by atoms with van der Waals surface area (Å²) in [7, 11) is 2.84. The Morgan fingerprint density at radius 3 is 2.73 bits per heavy atom. The fourth-order valence-corrected chi connectivity index (χ4v) is 1.18. The smallest absolute Gasteiger partial charge is 0.310 e. The molecule has 0 N–H and O–H groups in total. The van der Waals surface area contributed by atoms with Gasteiger partial charge in [-0.1, -0.05) is 12.1 Å². The first-order valence-corrected chi connectivity index (χ1v) is 4.32. The van der Waals surface area contributed by atoms with Gasteiger partial charge in [-0.05, 0) is 6.07 Å². The second kappa shape index (κ2) is 5.01. The van der Waals surface area contributed by atoms with Crippen molar-refractivity contribution in [2.45, 2.75) is 6.42 Å². The Labute approximate surface area is 88.2 Å². The maximum absolute atomic E-state index is 11.1. The lowest BCUT2D eigenvalue weighted by Crippen LogP contribution is -2.05. The van der Waals surface area contributed by atoms with Crippen molar-refractivity contribution < 1.29 is 14.3 Å². The molecule has 1 aromatic rings. The monoisotopic (exact) mass is 205 g/mol. The third kappa shape index (κ3) is 2.71. The standard InChI is InChI=1S/C11H11NO3/c1-12-9-5-4-8(6-11(13)15-3)10(7-9)14-2/h4-5,7H,6H2,2-3H3. The Hall–Kier alpha value is -2.02. The van der Waals surface area contributed by atoms with E-state index in [0.717, 1.165) is 5.56 Å². The molecule has 0 spiro atoms. The van der Waals surface area contributed by atoms with E-state index in [4.69, 9.17) is 11.3 Å². The molecule has 0 aliphatic heterocycles. The Kier molecular flexibility index (Phi) is 3.69. The summed E-state index contributed by atoms with van der Waals surface area (Å²) in [6.07, 6.45) is 0.151. The number of carbonyl (C=O) groups excluding carboxylic acids is 1. The number of esters is 1. The van der Waals surface area contributed by atoms with Crippen LogP contribution >= 0.6 is 0 Å². The van der Waals surface area contributed by atoms with Gasteiger partial charge in [-0.25, -0.2) is 4.85 Å². The molecule has 0 radical (unpaired) electrons. The van der Waals surface area contributed by atoms with Crippen LogP contribution in [0.3, 0.4) is 0 Å². The van der Waals surface area contributed by atoms with E-state index in [1.165, 1.54) is 14.2 Å². The zero-order valence-electron chi connectivity index (χ0n) is 8.61. The van der Waals surface area contributed by atoms with Crippen LogP contribution < -0.4 is 4.74 Å². The van der Waals surface area contributed by atoms with Crippen LogP contribution in [-0.4, -0.2) is 20.2 Å². The quantitative estimate of drug-likeness (QED) is 0.559. The number of rotatable bonds is 3. The Bertz CT molecular complexity index is 407. The SMILES string of the molecule is [C-]#[N+]c1ccc(CC(=O)OC)c(OC)c1. The minimum atomic E-state index is -0.330. The largest absolute Gasteiger partial charge is 0.498 e. The van der Waals surface area contributed by atoms with Crippen LogP contribution in [0.2, 0.25) is 0 Å². The average Bonchev–Trinajstić information content (AvgIpc) is 2.29. The van der Waals surface area contributed by atoms with Crippen molar-refractivity contribution in [2.75, 3.05) is 14.2 Å². The molecule has 0 saturated heterocycles. The van der Waals surface area contributed by atoms with E-state index in [1.54, 1.807) is 18.2 Å². The molecule has 0 fully saturated rings. The summed E-state index contributed by atoms with van der Waals surface area (Å²) in [5.41, 5.74) is 1.21. The summed E-state index contributed by atoms with van der Waals surface area (Å²) in [4.78, 5) is 14.3. The van der Waals surface area contributed by atoms with Crippen molar-refractivity contribution >= 4 is 11.7 Å². The zero-order chi connectivity index (χ0) is 11.3. The number of benzene rings is 1. The summed E-state index contributed by atoms with van der Waals surface area (Å²) >= 11 is 0. The molecule has 15 heavy (non-hydrogen) atoms. The molecule has 0 heterocycles. The highest BCUT2D eigenvalue weighted by Gasteiger charge is 2.09. The molecule has 1 aromatic carbocycles. The van der Waals surface area contributed by atoms with Crippen molar-refractivity contribution in [1.82, 2.24) is 0 Å². The summed E-state index contributed by atoms with van der Waals surface area (Å²) in [6.45, 7) is 6.84. The van der Waals surface area contributed by atoms with Crippen molar-refractivity contribution in [2.24, 2.45) is 0 Å². The molecule has 0 unspecified atom stereocenters. The van der Waals surface area contributed by atoms with E-state index >= 15 is 0 Å². The average molecular weight is 205 g/mol. The lowest BCUT2D eigenvalue weighted by atomic mass is 10.1. The minimum absolute atomic E-state index is 0.151. The predicted molar refractivity (Wildman–Crippen MR) is 55.0 cm³/mol. The maximum Gasteiger partial charge on any atom is 0.310 e. The van der Waals surface area contributed by atoms with E-state index in [0.29, 0.717) is 11.4 Å². The Balaban J connectivity index is 2.98. The van der Waals surface area contributed by atoms with Gasteiger partial charge in [0.15, 0.2) is 5.69 Å². The lowest BCUT2D eigenvalue weighted by molar-refractivity contribution is -0.139. The molecule has 0 amide bonds. The highest BCUT2D eigenvalue weighted by molar-refractivity contribution is 5.74. The summed E-state index contributed by atoms with van der Waals surface area (Å²) in [6, 6.07) is 4.95. The number of methoxy groups -OCH3 is 2. The Morgan fingerprint density at radius 1 is 1.47 bits per heavy atom. The van der Waals surface area contributed by atoms with Crippen LogP contribution in [0.4, 0.5) is 5.69 Å². The van der Waals surface area contributed by atoms with Crippen LogP contribution in [-0.2, 0) is 16.0 Å². The second-order valence-corrected chi connectivity index (χ2v) is 2.86. The molecule has 4 heteroatoms. The van der Waals surface area contributed by atoms with Gasteiger partial charge in [0.25, 0.3) is 0 Å². The van der Waals surface area contributed by atoms with Crippen LogP contribution in [0, 0.1) is 6.57 Å². The fourth-order valence-electron chi connectivity index (χ4n) is 1.18. The zero-order valence-corrected chi connectivity index (χ0v) is 8.61. The molecular formula is C11H11NO3. The van der Waals surface area contributed by atoms with Gasteiger partial charge in [-0.2, -0.15) is 0 Å². The van der Waals surface area contributed by atoms with Crippen molar-refractivity contribution in [3.63, 3.8) is 0 Å². The topological polar surface area (TPSA) is 39.9 Å². The third-order valence-electron chi connectivity index (χ3n) is 1.96. The van der Waals surface area contributed by atoms with E-state index in [9.17, 15) is 4.79 Å². The van der Waals surface area contributed by atoms with Gasteiger partial charge in [0.2, 0.25) is 0 Å². The molecule has 78 valence electrons. The van der Waals surface area contributed by atoms with Gasteiger partial charge >= 0.3 is 5.97 Å². The number of hydrogen-bond acceptors (Lipinski definition) is 3. The Morgan fingerprint density at radius 2 is 2.20 bits per heavy atom. The fraction of sp³-hybridized carbons (Fsp3) is 0.273. The van der Waals surface area contributed by atoms with Crippen LogP contribution in [0.5, 0.6) is 5.75 Å². The predicted octanol–water partition coefficient (Wildman–Crippen LogP) is 1.96. The number of nitrogens with zero attached hydrogens (tertiary/aromatic N) is 1. The molecule has 0 saturated carbocycles. The molecule has 0 aromatic heterocycles. The number of hydrogen-bond donors (Lipinski definition) is 0. The molecular weight excluding hydrogens is 194 g/mol. The van der Waals surface area contributed by atoms with Crippen LogP contribution in [0.25, 0.3) is 4.85 Å². The van der Waals surface area contributed by atoms with Gasteiger partial charge < -0.3 is 9.47 Å². The maximum atomic E-state index is 11.1. The molecule has 4 nitrogen and oxygen atoms in total. The molecule has 0 aliphatic carbocycles. The van der Waals surface area contributed by atoms with Crippen molar-refractivity contribution in [3.05, 3.63) is 35.2 Å². The molecule has 1 rings (SSSR count). The van der Waals surface area contributed by atoms with Gasteiger partial charge in [0, 0.05) is 5.56 Å². The third-order valence-corrected chi connectivity index (χ3v) is 1.96. The highest BCUT2D eigenvalue weighted by Crippen LogP contribution is 2.25. The molecule has 0 aliphatic rings. The summed E-state index contributed by atoms with van der Waals surface area (Å²) in [5, 5.41) is 0. The van der Waals surface area contributed by atoms with E-state index < -0.39 is 0 Å². The lowest BCUT2D eigenvalue weighted by Gasteiger charge is -2.07. The summed E-state index contributed by atoms with van der Waals surface area (Å²) in [5.74, 6) is 0.206. The first-order chi connectivity index (χ1) is 7.21. The number of carbonyl (C=O) groups is 1. The minimum Gasteiger partial charge on any atom is -0.498 e. The van der Waals surface area contributed by atoms with Gasteiger partial charge in [0.05, 0.1) is 27.2 Å². The summed E-state index contributed by atoms with van der Waals surface area (Å²) < 4.78 is 9.64. The van der Waals surface area contributed by atoms with Crippen LogP contribution in [0.15, 0.2) is 18.2 Å². The highest BCUT2D eigenvalue weighted by atomic mass is 16.5. The van der Waals surface area contributed by atoms with Gasteiger partial charge in [-0.3, -0.25) is 4.79 Å². The first-order valence-electron chi connectivity index (χ1n) is 4.32. The number of ether oxygens (including phenoxy) is 2. The van der Waals surface area contributed by atoms with Crippen molar-refractivity contribution in [1.29, 1.82) is 0 Å².